The molecular formula is C12H13NO2. The van der Waals surface area contributed by atoms with Crippen molar-refractivity contribution in [3.63, 3.8) is 0 Å². The highest BCUT2D eigenvalue weighted by molar-refractivity contribution is 5.57. The maximum Gasteiger partial charge on any atom is 0.226 e. The van der Waals surface area contributed by atoms with Gasteiger partial charge in [0.05, 0.1) is 13.3 Å². The van der Waals surface area contributed by atoms with E-state index in [1.807, 2.05) is 32.0 Å². The van der Waals surface area contributed by atoms with Crippen LogP contribution >= 0.6 is 0 Å². The van der Waals surface area contributed by atoms with Crippen molar-refractivity contribution in [3.05, 3.63) is 35.7 Å². The van der Waals surface area contributed by atoms with Crippen LogP contribution in [0.15, 0.2) is 28.8 Å². The summed E-state index contributed by atoms with van der Waals surface area (Å²) in [5.41, 5.74) is 2.07. The fourth-order valence-electron chi connectivity index (χ4n) is 1.48. The van der Waals surface area contributed by atoms with Gasteiger partial charge in [-0.2, -0.15) is 0 Å². The lowest BCUT2D eigenvalue weighted by molar-refractivity contribution is 0.414. The van der Waals surface area contributed by atoms with E-state index < -0.39 is 0 Å². The second kappa shape index (κ2) is 3.77. The summed E-state index contributed by atoms with van der Waals surface area (Å²) in [5.74, 6) is 2.26. The van der Waals surface area contributed by atoms with Gasteiger partial charge >= 0.3 is 0 Å². The monoisotopic (exact) mass is 203 g/mol. The van der Waals surface area contributed by atoms with Crippen molar-refractivity contribution in [2.24, 2.45) is 0 Å². The molecule has 2 rings (SSSR count). The highest BCUT2D eigenvalue weighted by Crippen LogP contribution is 2.25. The summed E-state index contributed by atoms with van der Waals surface area (Å²) in [6.45, 7) is 3.89. The lowest BCUT2D eigenvalue weighted by Gasteiger charge is -2.03. The maximum atomic E-state index is 5.46. The first kappa shape index (κ1) is 9.77. The van der Waals surface area contributed by atoms with Gasteiger partial charge in [-0.05, 0) is 37.6 Å². The summed E-state index contributed by atoms with van der Waals surface area (Å²) in [7, 11) is 1.65. The Bertz CT molecular complexity index is 474. The number of rotatable bonds is 2. The standard InChI is InChI=1S/C12H13NO2/c1-8-4-10(6-11(5-8)14-3)12-13-7-9(2)15-12/h4-7H,1-3H3. The highest BCUT2D eigenvalue weighted by Gasteiger charge is 2.06. The molecule has 0 fully saturated rings. The van der Waals surface area contributed by atoms with Gasteiger partial charge in [0.2, 0.25) is 5.89 Å². The van der Waals surface area contributed by atoms with Crippen molar-refractivity contribution in [1.29, 1.82) is 0 Å². The maximum absolute atomic E-state index is 5.46. The van der Waals surface area contributed by atoms with E-state index in [1.165, 1.54) is 0 Å². The van der Waals surface area contributed by atoms with Crippen molar-refractivity contribution in [1.82, 2.24) is 4.98 Å². The van der Waals surface area contributed by atoms with Crippen LogP contribution in [-0.4, -0.2) is 12.1 Å². The molecule has 0 aliphatic carbocycles. The molecule has 0 amide bonds. The summed E-state index contributed by atoms with van der Waals surface area (Å²) in [6.07, 6.45) is 1.71. The smallest absolute Gasteiger partial charge is 0.226 e. The van der Waals surface area contributed by atoms with Gasteiger partial charge < -0.3 is 9.15 Å². The first-order valence-corrected chi connectivity index (χ1v) is 4.77. The van der Waals surface area contributed by atoms with Gasteiger partial charge in [-0.25, -0.2) is 4.98 Å². The fourth-order valence-corrected chi connectivity index (χ4v) is 1.48. The number of methoxy groups -OCH3 is 1. The third kappa shape index (κ3) is 2.01. The van der Waals surface area contributed by atoms with E-state index in [0.717, 1.165) is 22.6 Å². The minimum absolute atomic E-state index is 0.634. The quantitative estimate of drug-likeness (QED) is 0.752. The Kier molecular flexibility index (Phi) is 2.46. The Hall–Kier alpha value is -1.77. The Morgan fingerprint density at radius 1 is 1.20 bits per heavy atom. The van der Waals surface area contributed by atoms with Gasteiger partial charge in [0.25, 0.3) is 0 Å². The van der Waals surface area contributed by atoms with Gasteiger partial charge in [0.1, 0.15) is 11.5 Å². The van der Waals surface area contributed by atoms with Crippen LogP contribution in [0.2, 0.25) is 0 Å². The first-order chi connectivity index (χ1) is 7.19. The van der Waals surface area contributed by atoms with Crippen LogP contribution in [0.5, 0.6) is 5.75 Å². The topological polar surface area (TPSA) is 35.3 Å². The SMILES string of the molecule is COc1cc(C)cc(-c2ncc(C)o2)c1. The third-order valence-corrected chi connectivity index (χ3v) is 2.15. The average molecular weight is 203 g/mol. The average Bonchev–Trinajstić information content (AvgIpc) is 2.64. The normalized spacial score (nSPS) is 10.3. The van der Waals surface area contributed by atoms with Crippen LogP contribution in [0.25, 0.3) is 11.5 Å². The molecular weight excluding hydrogens is 190 g/mol. The predicted molar refractivity (Wildman–Crippen MR) is 58.0 cm³/mol. The van der Waals surface area contributed by atoms with Crippen LogP contribution in [-0.2, 0) is 0 Å². The lowest BCUT2D eigenvalue weighted by atomic mass is 10.1. The molecule has 0 atom stereocenters. The molecule has 0 saturated heterocycles. The van der Waals surface area contributed by atoms with E-state index >= 15 is 0 Å². The fraction of sp³-hybridized carbons (Fsp3) is 0.250. The van der Waals surface area contributed by atoms with Crippen LogP contribution in [0.1, 0.15) is 11.3 Å². The largest absolute Gasteiger partial charge is 0.497 e. The van der Waals surface area contributed by atoms with E-state index in [4.69, 9.17) is 9.15 Å². The second-order valence-electron chi connectivity index (χ2n) is 3.51. The summed E-state index contributed by atoms with van der Waals surface area (Å²) in [5, 5.41) is 0. The number of hydrogen-bond donors (Lipinski definition) is 0. The Labute approximate surface area is 88.7 Å². The molecule has 0 spiro atoms. The van der Waals surface area contributed by atoms with Crippen LogP contribution in [0.3, 0.4) is 0 Å². The number of aromatic nitrogens is 1. The van der Waals surface area contributed by atoms with Gasteiger partial charge in [0.15, 0.2) is 0 Å². The van der Waals surface area contributed by atoms with E-state index in [1.54, 1.807) is 13.3 Å². The molecule has 0 aliphatic heterocycles. The van der Waals surface area contributed by atoms with E-state index in [9.17, 15) is 0 Å². The van der Waals surface area contributed by atoms with Crippen LogP contribution in [0.4, 0.5) is 0 Å². The number of nitrogens with zero attached hydrogens (tertiary/aromatic N) is 1. The summed E-state index contributed by atoms with van der Waals surface area (Å²) in [4.78, 5) is 4.18. The zero-order valence-corrected chi connectivity index (χ0v) is 9.07. The van der Waals surface area contributed by atoms with Crippen molar-refractivity contribution in [3.8, 4) is 17.2 Å². The number of ether oxygens (including phenoxy) is 1. The molecule has 15 heavy (non-hydrogen) atoms. The molecule has 0 radical (unpaired) electrons. The molecule has 1 aromatic carbocycles. The Balaban J connectivity index is 2.48. The Morgan fingerprint density at radius 3 is 2.60 bits per heavy atom. The summed E-state index contributed by atoms with van der Waals surface area (Å²) >= 11 is 0. The highest BCUT2D eigenvalue weighted by atomic mass is 16.5. The number of hydrogen-bond acceptors (Lipinski definition) is 3. The molecule has 1 aromatic heterocycles. The Morgan fingerprint density at radius 2 is 2.00 bits per heavy atom. The molecule has 1 heterocycles. The van der Waals surface area contributed by atoms with Gasteiger partial charge in [-0.15, -0.1) is 0 Å². The summed E-state index contributed by atoms with van der Waals surface area (Å²) < 4.78 is 10.7. The molecule has 0 saturated carbocycles. The molecule has 3 nitrogen and oxygen atoms in total. The van der Waals surface area contributed by atoms with Crippen molar-refractivity contribution < 1.29 is 9.15 Å². The molecule has 0 unspecified atom stereocenters. The molecule has 0 bridgehead atoms. The van der Waals surface area contributed by atoms with Crippen molar-refractivity contribution in [2.75, 3.05) is 7.11 Å². The van der Waals surface area contributed by atoms with E-state index in [2.05, 4.69) is 4.98 Å². The third-order valence-electron chi connectivity index (χ3n) is 2.15. The van der Waals surface area contributed by atoms with Crippen molar-refractivity contribution in [2.45, 2.75) is 13.8 Å². The zero-order valence-electron chi connectivity index (χ0n) is 9.07. The molecule has 2 aromatic rings. The number of oxazole rings is 1. The number of aryl methyl sites for hydroxylation is 2. The molecule has 0 N–H and O–H groups in total. The predicted octanol–water partition coefficient (Wildman–Crippen LogP) is 2.97. The minimum Gasteiger partial charge on any atom is -0.497 e. The summed E-state index contributed by atoms with van der Waals surface area (Å²) in [6, 6.07) is 5.91. The van der Waals surface area contributed by atoms with E-state index in [0.29, 0.717) is 5.89 Å². The van der Waals surface area contributed by atoms with E-state index in [-0.39, 0.29) is 0 Å². The van der Waals surface area contributed by atoms with Gasteiger partial charge in [0, 0.05) is 5.56 Å². The van der Waals surface area contributed by atoms with Crippen LogP contribution < -0.4 is 4.74 Å². The van der Waals surface area contributed by atoms with Crippen LogP contribution in [0, 0.1) is 13.8 Å². The molecule has 3 heteroatoms. The first-order valence-electron chi connectivity index (χ1n) is 4.77. The van der Waals surface area contributed by atoms with Gasteiger partial charge in [-0.3, -0.25) is 0 Å². The zero-order chi connectivity index (χ0) is 10.8. The second-order valence-corrected chi connectivity index (χ2v) is 3.51. The molecule has 0 aliphatic rings. The van der Waals surface area contributed by atoms with Gasteiger partial charge in [-0.1, -0.05) is 0 Å². The molecule has 78 valence electrons. The van der Waals surface area contributed by atoms with Crippen molar-refractivity contribution >= 4 is 0 Å². The number of benzene rings is 1. The lowest BCUT2D eigenvalue weighted by Crippen LogP contribution is -1.86. The minimum atomic E-state index is 0.634.